The summed E-state index contributed by atoms with van der Waals surface area (Å²) in [4.78, 5) is 27.7. The Hall–Kier alpha value is -3.52. The summed E-state index contributed by atoms with van der Waals surface area (Å²) in [6.45, 7) is 2.65. The van der Waals surface area contributed by atoms with Crippen molar-refractivity contribution in [2.75, 3.05) is 36.4 Å². The van der Waals surface area contributed by atoms with Crippen LogP contribution in [0.25, 0.3) is 0 Å². The van der Waals surface area contributed by atoms with Crippen molar-refractivity contribution >= 4 is 34.6 Å². The van der Waals surface area contributed by atoms with Gasteiger partial charge in [0.25, 0.3) is 11.6 Å². The molecule has 1 fully saturated rings. The fourth-order valence-electron chi connectivity index (χ4n) is 3.59. The second-order valence-corrected chi connectivity index (χ2v) is 7.56. The van der Waals surface area contributed by atoms with Gasteiger partial charge in [0.15, 0.2) is 0 Å². The van der Waals surface area contributed by atoms with Crippen LogP contribution in [0.1, 0.15) is 16.1 Å². The number of carbonyl (C=O) groups is 1. The Balaban J connectivity index is 1.45. The Labute approximate surface area is 184 Å². The van der Waals surface area contributed by atoms with Crippen LogP contribution in [-0.2, 0) is 6.54 Å². The molecule has 1 aromatic heterocycles. The first kappa shape index (κ1) is 20.7. The lowest BCUT2D eigenvalue weighted by molar-refractivity contribution is -0.384. The third-order valence-electron chi connectivity index (χ3n) is 5.25. The summed E-state index contributed by atoms with van der Waals surface area (Å²) in [5, 5.41) is 15.0. The molecule has 0 spiro atoms. The fourth-order valence-corrected chi connectivity index (χ4v) is 3.81. The molecule has 3 aromatic rings. The zero-order valence-corrected chi connectivity index (χ0v) is 17.4. The van der Waals surface area contributed by atoms with Crippen LogP contribution in [0.15, 0.2) is 65.3 Å². The van der Waals surface area contributed by atoms with Crippen molar-refractivity contribution in [2.24, 2.45) is 0 Å². The summed E-state index contributed by atoms with van der Waals surface area (Å²) in [6.07, 6.45) is 1.56. The van der Waals surface area contributed by atoms with E-state index in [1.807, 2.05) is 0 Å². The van der Waals surface area contributed by atoms with Crippen LogP contribution >= 0.6 is 11.6 Å². The van der Waals surface area contributed by atoms with Gasteiger partial charge in [-0.1, -0.05) is 23.7 Å². The van der Waals surface area contributed by atoms with Crippen molar-refractivity contribution in [3.8, 4) is 0 Å². The predicted molar refractivity (Wildman–Crippen MR) is 119 cm³/mol. The third kappa shape index (κ3) is 4.64. The smallest absolute Gasteiger partial charge is 0.292 e. The predicted octanol–water partition coefficient (Wildman–Crippen LogP) is 4.42. The highest BCUT2D eigenvalue weighted by Gasteiger charge is 2.25. The molecule has 1 saturated heterocycles. The second-order valence-electron chi connectivity index (χ2n) is 7.15. The van der Waals surface area contributed by atoms with Crippen LogP contribution in [0, 0.1) is 10.1 Å². The van der Waals surface area contributed by atoms with Gasteiger partial charge in [0.1, 0.15) is 11.4 Å². The molecule has 160 valence electrons. The lowest BCUT2D eigenvalue weighted by Gasteiger charge is -2.36. The second kappa shape index (κ2) is 9.09. The average molecular weight is 441 g/mol. The first-order chi connectivity index (χ1) is 15.0. The van der Waals surface area contributed by atoms with Gasteiger partial charge < -0.3 is 19.5 Å². The topological polar surface area (TPSA) is 91.9 Å². The first-order valence-corrected chi connectivity index (χ1v) is 10.2. The minimum Gasteiger partial charge on any atom is -0.467 e. The molecule has 31 heavy (non-hydrogen) atoms. The van der Waals surface area contributed by atoms with Crippen molar-refractivity contribution < 1.29 is 14.1 Å². The van der Waals surface area contributed by atoms with Gasteiger partial charge in [-0.2, -0.15) is 0 Å². The van der Waals surface area contributed by atoms with Crippen molar-refractivity contribution in [3.05, 3.63) is 87.3 Å². The number of nitro groups is 1. The van der Waals surface area contributed by atoms with Crippen LogP contribution in [0.4, 0.5) is 17.1 Å². The van der Waals surface area contributed by atoms with E-state index in [9.17, 15) is 14.9 Å². The van der Waals surface area contributed by atoms with E-state index < -0.39 is 4.92 Å². The summed E-state index contributed by atoms with van der Waals surface area (Å²) >= 11 is 6.16. The molecular formula is C22H21ClN4O4. The molecule has 8 nitrogen and oxygen atoms in total. The number of piperazine rings is 1. The number of anilines is 2. The molecule has 4 rings (SSSR count). The standard InChI is InChI=1S/C22H21ClN4O4/c23-19-6-2-1-5-18(19)22(28)26-11-9-25(10-12-26)16-7-8-21(27(29)30)20(14-16)24-15-17-4-3-13-31-17/h1-8,13-14,24H,9-12,15H2. The van der Waals surface area contributed by atoms with E-state index >= 15 is 0 Å². The largest absolute Gasteiger partial charge is 0.467 e. The van der Waals surface area contributed by atoms with Crippen LogP contribution in [-0.4, -0.2) is 41.9 Å². The van der Waals surface area contributed by atoms with Gasteiger partial charge in [-0.15, -0.1) is 0 Å². The average Bonchev–Trinajstić information content (AvgIpc) is 3.31. The highest BCUT2D eigenvalue weighted by Crippen LogP contribution is 2.31. The van der Waals surface area contributed by atoms with E-state index in [0.717, 1.165) is 5.69 Å². The Kier molecular flexibility index (Phi) is 6.08. The molecule has 0 saturated carbocycles. The summed E-state index contributed by atoms with van der Waals surface area (Å²) in [5.41, 5.74) is 1.78. The van der Waals surface area contributed by atoms with E-state index in [4.69, 9.17) is 16.0 Å². The molecule has 0 bridgehead atoms. The van der Waals surface area contributed by atoms with Gasteiger partial charge in [-0.05, 0) is 36.4 Å². The van der Waals surface area contributed by atoms with Crippen molar-refractivity contribution in [1.82, 2.24) is 4.90 Å². The molecule has 0 atom stereocenters. The number of carbonyl (C=O) groups excluding carboxylic acids is 1. The number of benzene rings is 2. The van der Waals surface area contributed by atoms with Crippen molar-refractivity contribution in [1.29, 1.82) is 0 Å². The fraction of sp³-hybridized carbons (Fsp3) is 0.227. The maximum Gasteiger partial charge on any atom is 0.292 e. The maximum absolute atomic E-state index is 12.8. The van der Waals surface area contributed by atoms with Crippen LogP contribution in [0.5, 0.6) is 0 Å². The Morgan fingerprint density at radius 3 is 2.55 bits per heavy atom. The third-order valence-corrected chi connectivity index (χ3v) is 5.58. The van der Waals surface area contributed by atoms with E-state index in [1.165, 1.54) is 6.07 Å². The number of rotatable bonds is 6. The quantitative estimate of drug-likeness (QED) is 0.450. The molecule has 1 aliphatic heterocycles. The number of nitrogens with one attached hydrogen (secondary N) is 1. The molecule has 1 aliphatic rings. The van der Waals surface area contributed by atoms with Crippen molar-refractivity contribution in [2.45, 2.75) is 6.54 Å². The summed E-state index contributed by atoms with van der Waals surface area (Å²) in [5.74, 6) is 0.598. The number of amides is 1. The molecule has 1 amide bonds. The number of hydrogen-bond acceptors (Lipinski definition) is 6. The Bertz CT molecular complexity index is 1080. The van der Waals surface area contributed by atoms with Gasteiger partial charge in [0.2, 0.25) is 0 Å². The molecule has 0 radical (unpaired) electrons. The molecule has 1 N–H and O–H groups in total. The number of nitro benzene ring substituents is 1. The van der Waals surface area contributed by atoms with Gasteiger partial charge in [-0.25, -0.2) is 0 Å². The minimum absolute atomic E-state index is 0.00263. The summed E-state index contributed by atoms with van der Waals surface area (Å²) in [7, 11) is 0. The summed E-state index contributed by atoms with van der Waals surface area (Å²) in [6, 6.07) is 15.6. The van der Waals surface area contributed by atoms with Crippen LogP contribution < -0.4 is 10.2 Å². The van der Waals surface area contributed by atoms with Gasteiger partial charge in [-0.3, -0.25) is 14.9 Å². The molecule has 0 aliphatic carbocycles. The zero-order chi connectivity index (χ0) is 21.8. The van der Waals surface area contributed by atoms with E-state index in [2.05, 4.69) is 10.2 Å². The number of halogens is 1. The van der Waals surface area contributed by atoms with E-state index in [1.54, 1.807) is 59.7 Å². The zero-order valence-electron chi connectivity index (χ0n) is 16.7. The van der Waals surface area contributed by atoms with Crippen LogP contribution in [0.2, 0.25) is 5.02 Å². The molecular weight excluding hydrogens is 420 g/mol. The van der Waals surface area contributed by atoms with E-state index in [0.29, 0.717) is 54.8 Å². The summed E-state index contributed by atoms with van der Waals surface area (Å²) < 4.78 is 5.29. The molecule has 9 heteroatoms. The van der Waals surface area contributed by atoms with Crippen molar-refractivity contribution in [3.63, 3.8) is 0 Å². The van der Waals surface area contributed by atoms with Crippen LogP contribution in [0.3, 0.4) is 0 Å². The van der Waals surface area contributed by atoms with E-state index in [-0.39, 0.29) is 11.6 Å². The molecule has 2 aromatic carbocycles. The normalized spacial score (nSPS) is 13.8. The monoisotopic (exact) mass is 440 g/mol. The molecule has 0 unspecified atom stereocenters. The first-order valence-electron chi connectivity index (χ1n) is 9.86. The number of hydrogen-bond donors (Lipinski definition) is 1. The van der Waals surface area contributed by atoms with Gasteiger partial charge in [0.05, 0.1) is 28.3 Å². The van der Waals surface area contributed by atoms with Gasteiger partial charge >= 0.3 is 0 Å². The lowest BCUT2D eigenvalue weighted by Crippen LogP contribution is -2.48. The Morgan fingerprint density at radius 2 is 1.87 bits per heavy atom. The maximum atomic E-state index is 12.8. The SMILES string of the molecule is O=C(c1ccccc1Cl)N1CCN(c2ccc([N+](=O)[O-])c(NCc3ccco3)c2)CC1. The number of furan rings is 1. The minimum atomic E-state index is -0.408. The highest BCUT2D eigenvalue weighted by molar-refractivity contribution is 6.33. The van der Waals surface area contributed by atoms with Gasteiger partial charge in [0, 0.05) is 37.9 Å². The Morgan fingerprint density at radius 1 is 1.10 bits per heavy atom. The lowest BCUT2D eigenvalue weighted by atomic mass is 10.1. The molecule has 2 heterocycles. The highest BCUT2D eigenvalue weighted by atomic mass is 35.5. The number of nitrogens with zero attached hydrogens (tertiary/aromatic N) is 3.